The van der Waals surface area contributed by atoms with Gasteiger partial charge in [-0.2, -0.15) is 0 Å². The zero-order valence-electron chi connectivity index (χ0n) is 5.48. The predicted molar refractivity (Wildman–Crippen MR) is 46.2 cm³/mol. The molecule has 0 N–H and O–H groups in total. The van der Waals surface area contributed by atoms with Crippen molar-refractivity contribution in [3.05, 3.63) is 35.4 Å². The first kappa shape index (κ1) is 10.8. The average Bonchev–Trinajstić information content (AvgIpc) is 1.88. The van der Waals surface area contributed by atoms with Crippen LogP contribution < -0.4 is 0 Å². The van der Waals surface area contributed by atoms with Crippen LogP contribution in [0.25, 0.3) is 0 Å². The lowest BCUT2D eigenvalue weighted by Crippen LogP contribution is -1.89. The van der Waals surface area contributed by atoms with Gasteiger partial charge >= 0.3 is 0 Å². The van der Waals surface area contributed by atoms with Gasteiger partial charge in [0.1, 0.15) is 11.6 Å². The minimum Gasteiger partial charge on any atom is -0.207 e. The SMILES string of the molecule is Cl.Fc1cccc(F)c1CBr. The number of hydrogen-bond donors (Lipinski definition) is 0. The topological polar surface area (TPSA) is 0 Å². The van der Waals surface area contributed by atoms with Crippen molar-refractivity contribution in [3.8, 4) is 0 Å². The van der Waals surface area contributed by atoms with Gasteiger partial charge in [-0.3, -0.25) is 0 Å². The van der Waals surface area contributed by atoms with Crippen LogP contribution in [-0.2, 0) is 5.33 Å². The molecule has 0 aromatic heterocycles. The van der Waals surface area contributed by atoms with Gasteiger partial charge in [-0.1, -0.05) is 22.0 Å². The van der Waals surface area contributed by atoms with Crippen LogP contribution in [0.3, 0.4) is 0 Å². The van der Waals surface area contributed by atoms with E-state index in [9.17, 15) is 8.78 Å². The molecular formula is C7H6BrClF2. The molecule has 0 fully saturated rings. The first-order valence-electron chi connectivity index (χ1n) is 2.74. The van der Waals surface area contributed by atoms with Crippen LogP contribution in [0.2, 0.25) is 0 Å². The summed E-state index contributed by atoms with van der Waals surface area (Å²) >= 11 is 2.98. The highest BCUT2D eigenvalue weighted by Gasteiger charge is 2.04. The van der Waals surface area contributed by atoms with Crippen molar-refractivity contribution in [1.82, 2.24) is 0 Å². The average molecular weight is 243 g/mol. The fraction of sp³-hybridized carbons (Fsp3) is 0.143. The molecule has 1 aromatic carbocycles. The zero-order valence-corrected chi connectivity index (χ0v) is 7.88. The van der Waals surface area contributed by atoms with Crippen molar-refractivity contribution in [1.29, 1.82) is 0 Å². The predicted octanol–water partition coefficient (Wildman–Crippen LogP) is 3.28. The fourth-order valence-corrected chi connectivity index (χ4v) is 1.20. The van der Waals surface area contributed by atoms with Gasteiger partial charge in [-0.15, -0.1) is 12.4 Å². The van der Waals surface area contributed by atoms with Crippen LogP contribution in [0.15, 0.2) is 18.2 Å². The smallest absolute Gasteiger partial charge is 0.130 e. The molecule has 0 radical (unpaired) electrons. The maximum absolute atomic E-state index is 12.6. The Hall–Kier alpha value is -0.150. The van der Waals surface area contributed by atoms with Crippen molar-refractivity contribution in [2.45, 2.75) is 5.33 Å². The van der Waals surface area contributed by atoms with E-state index in [-0.39, 0.29) is 23.3 Å². The molecule has 1 rings (SSSR count). The monoisotopic (exact) mass is 242 g/mol. The van der Waals surface area contributed by atoms with Crippen LogP contribution in [0.4, 0.5) is 8.78 Å². The first-order valence-corrected chi connectivity index (χ1v) is 3.86. The van der Waals surface area contributed by atoms with Crippen molar-refractivity contribution >= 4 is 28.3 Å². The molecule has 11 heavy (non-hydrogen) atoms. The lowest BCUT2D eigenvalue weighted by atomic mass is 10.2. The summed E-state index contributed by atoms with van der Waals surface area (Å²) in [4.78, 5) is 0. The molecule has 1 aromatic rings. The summed E-state index contributed by atoms with van der Waals surface area (Å²) < 4.78 is 25.2. The quantitative estimate of drug-likeness (QED) is 0.664. The number of alkyl halides is 1. The van der Waals surface area contributed by atoms with E-state index in [1.165, 1.54) is 18.2 Å². The van der Waals surface area contributed by atoms with Gasteiger partial charge in [0.25, 0.3) is 0 Å². The third-order valence-electron chi connectivity index (χ3n) is 1.20. The van der Waals surface area contributed by atoms with E-state index in [2.05, 4.69) is 15.9 Å². The third-order valence-corrected chi connectivity index (χ3v) is 1.76. The van der Waals surface area contributed by atoms with Gasteiger partial charge in [0, 0.05) is 10.9 Å². The maximum Gasteiger partial charge on any atom is 0.130 e. The molecule has 0 nitrogen and oxygen atoms in total. The lowest BCUT2D eigenvalue weighted by molar-refractivity contribution is 0.567. The lowest BCUT2D eigenvalue weighted by Gasteiger charge is -1.97. The van der Waals surface area contributed by atoms with Crippen molar-refractivity contribution < 1.29 is 8.78 Å². The van der Waals surface area contributed by atoms with E-state index in [1.54, 1.807) is 0 Å². The Kier molecular flexibility index (Phi) is 4.61. The molecule has 0 aliphatic rings. The third kappa shape index (κ3) is 2.42. The molecule has 0 amide bonds. The molecular weight excluding hydrogens is 237 g/mol. The summed E-state index contributed by atoms with van der Waals surface area (Å²) in [5, 5.41) is 0.214. The molecule has 0 aliphatic heterocycles. The number of benzene rings is 1. The van der Waals surface area contributed by atoms with E-state index in [0.29, 0.717) is 0 Å². The molecule has 62 valence electrons. The summed E-state index contributed by atoms with van der Waals surface area (Å²) in [6.07, 6.45) is 0. The number of hydrogen-bond acceptors (Lipinski definition) is 0. The molecule has 0 aliphatic carbocycles. The minimum absolute atomic E-state index is 0. The minimum atomic E-state index is -0.503. The number of halogens is 4. The van der Waals surface area contributed by atoms with Gasteiger partial charge in [0.2, 0.25) is 0 Å². The largest absolute Gasteiger partial charge is 0.207 e. The summed E-state index contributed by atoms with van der Waals surface area (Å²) in [6.45, 7) is 0. The Morgan fingerprint density at radius 3 is 1.91 bits per heavy atom. The van der Waals surface area contributed by atoms with Gasteiger partial charge in [-0.25, -0.2) is 8.78 Å². The Morgan fingerprint density at radius 2 is 1.64 bits per heavy atom. The van der Waals surface area contributed by atoms with E-state index >= 15 is 0 Å². The Balaban J connectivity index is 0.000001000. The summed E-state index contributed by atoms with van der Waals surface area (Å²) in [5.74, 6) is -1.01. The molecule has 0 heterocycles. The fourth-order valence-electron chi connectivity index (χ4n) is 0.660. The second-order valence-corrected chi connectivity index (χ2v) is 2.39. The second kappa shape index (κ2) is 4.67. The summed E-state index contributed by atoms with van der Waals surface area (Å²) in [5.41, 5.74) is 0.0856. The van der Waals surface area contributed by atoms with Crippen LogP contribution in [0, 0.1) is 11.6 Å². The number of rotatable bonds is 1. The molecule has 0 spiro atoms. The molecule has 0 saturated carbocycles. The van der Waals surface area contributed by atoms with Crippen LogP contribution in [0.1, 0.15) is 5.56 Å². The Labute approximate surface area is 78.1 Å². The first-order chi connectivity index (χ1) is 4.75. The van der Waals surface area contributed by atoms with E-state index in [0.717, 1.165) is 0 Å². The van der Waals surface area contributed by atoms with Crippen LogP contribution in [0.5, 0.6) is 0 Å². The Bertz CT molecular complexity index is 220. The van der Waals surface area contributed by atoms with Crippen LogP contribution in [-0.4, -0.2) is 0 Å². The molecule has 0 saturated heterocycles. The van der Waals surface area contributed by atoms with Gasteiger partial charge in [0.15, 0.2) is 0 Å². The normalized spacial score (nSPS) is 9.00. The molecule has 0 bridgehead atoms. The van der Waals surface area contributed by atoms with Gasteiger partial charge in [0.05, 0.1) is 0 Å². The van der Waals surface area contributed by atoms with Crippen molar-refractivity contribution in [3.63, 3.8) is 0 Å². The highest BCUT2D eigenvalue weighted by molar-refractivity contribution is 9.08. The van der Waals surface area contributed by atoms with Gasteiger partial charge < -0.3 is 0 Å². The van der Waals surface area contributed by atoms with Crippen LogP contribution >= 0.6 is 28.3 Å². The van der Waals surface area contributed by atoms with Crippen molar-refractivity contribution in [2.75, 3.05) is 0 Å². The second-order valence-electron chi connectivity index (χ2n) is 1.83. The van der Waals surface area contributed by atoms with Crippen molar-refractivity contribution in [2.24, 2.45) is 0 Å². The van der Waals surface area contributed by atoms with E-state index in [4.69, 9.17) is 0 Å². The standard InChI is InChI=1S/C7H5BrF2.ClH/c8-4-5-6(9)2-1-3-7(5)10;/h1-3H,4H2;1H. The van der Waals surface area contributed by atoms with E-state index in [1.807, 2.05) is 0 Å². The summed E-state index contributed by atoms with van der Waals surface area (Å²) in [6, 6.07) is 3.82. The zero-order chi connectivity index (χ0) is 7.56. The molecule has 0 atom stereocenters. The Morgan fingerprint density at radius 1 is 1.18 bits per heavy atom. The highest BCUT2D eigenvalue weighted by Crippen LogP contribution is 2.14. The highest BCUT2D eigenvalue weighted by atomic mass is 79.9. The van der Waals surface area contributed by atoms with E-state index < -0.39 is 11.6 Å². The molecule has 4 heteroatoms. The van der Waals surface area contributed by atoms with Gasteiger partial charge in [-0.05, 0) is 12.1 Å². The summed E-state index contributed by atoms with van der Waals surface area (Å²) in [7, 11) is 0. The molecule has 0 unspecified atom stereocenters. The maximum atomic E-state index is 12.6.